The van der Waals surface area contributed by atoms with Gasteiger partial charge in [0.1, 0.15) is 5.82 Å². The number of carbonyl (C=O) groups is 2. The molecule has 3 amide bonds. The number of nitrogens with zero attached hydrogens (tertiary/aromatic N) is 4. The molecule has 1 aromatic heterocycles. The molecular formula is C26H38N8O2. The second-order valence-corrected chi connectivity index (χ2v) is 10.3. The average Bonchev–Trinajstić information content (AvgIpc) is 2.86. The second-order valence-electron chi connectivity index (χ2n) is 10.3. The minimum atomic E-state index is -0.641. The maximum Gasteiger partial charge on any atom is 0.317 e. The van der Waals surface area contributed by atoms with E-state index in [-0.39, 0.29) is 29.2 Å². The van der Waals surface area contributed by atoms with Crippen LogP contribution in [0.25, 0.3) is 0 Å². The van der Waals surface area contributed by atoms with Crippen molar-refractivity contribution in [1.29, 1.82) is 0 Å². The number of nitrogens with two attached hydrogens (primary N) is 1. The molecule has 10 heteroatoms. The Labute approximate surface area is 213 Å². The number of rotatable bonds is 6. The van der Waals surface area contributed by atoms with Gasteiger partial charge in [0, 0.05) is 32.4 Å². The molecule has 3 heterocycles. The number of hydrogen-bond acceptors (Lipinski definition) is 7. The fourth-order valence-electron chi connectivity index (χ4n) is 5.09. The summed E-state index contributed by atoms with van der Waals surface area (Å²) in [5, 5.41) is 9.77. The summed E-state index contributed by atoms with van der Waals surface area (Å²) in [4.78, 5) is 37.1. The van der Waals surface area contributed by atoms with Crippen LogP contribution in [0.15, 0.2) is 30.5 Å². The lowest BCUT2D eigenvalue weighted by Crippen LogP contribution is -2.56. The number of benzene rings is 1. The summed E-state index contributed by atoms with van der Waals surface area (Å²) in [6.45, 7) is 7.20. The topological polar surface area (TPSA) is 129 Å². The third-order valence-corrected chi connectivity index (χ3v) is 7.54. The highest BCUT2D eigenvalue weighted by atomic mass is 16.2. The zero-order valence-electron chi connectivity index (χ0n) is 21.7. The Morgan fingerprint density at radius 2 is 1.89 bits per heavy atom. The highest BCUT2D eigenvalue weighted by molar-refractivity contribution is 5.96. The Morgan fingerprint density at radius 3 is 2.53 bits per heavy atom. The lowest BCUT2D eigenvalue weighted by atomic mass is 9.75. The number of urea groups is 1. The smallest absolute Gasteiger partial charge is 0.317 e. The number of hydrogen-bond donors (Lipinski definition) is 4. The molecule has 2 aromatic rings. The van der Waals surface area contributed by atoms with Gasteiger partial charge in [0.25, 0.3) is 5.91 Å². The zero-order valence-corrected chi connectivity index (χ0v) is 21.7. The fraction of sp³-hybridized carbons (Fsp3) is 0.538. The summed E-state index contributed by atoms with van der Waals surface area (Å²) in [5.74, 6) is 0.323. The van der Waals surface area contributed by atoms with Crippen LogP contribution in [0, 0.1) is 0 Å². The predicted octanol–water partition coefficient (Wildman–Crippen LogP) is 2.59. The summed E-state index contributed by atoms with van der Waals surface area (Å²) >= 11 is 0. The predicted molar refractivity (Wildman–Crippen MR) is 142 cm³/mol. The Kier molecular flexibility index (Phi) is 7.63. The first-order valence-electron chi connectivity index (χ1n) is 12.7. The van der Waals surface area contributed by atoms with E-state index >= 15 is 0 Å². The number of carbonyl (C=O) groups excluding carboxylic acids is 2. The van der Waals surface area contributed by atoms with Gasteiger partial charge in [-0.1, -0.05) is 19.1 Å². The average molecular weight is 495 g/mol. The Balaban J connectivity index is 1.55. The van der Waals surface area contributed by atoms with E-state index in [9.17, 15) is 9.59 Å². The van der Waals surface area contributed by atoms with Gasteiger partial charge in [0.2, 0.25) is 0 Å². The van der Waals surface area contributed by atoms with Crippen LogP contribution in [0.5, 0.6) is 0 Å². The molecule has 1 aromatic carbocycles. The van der Waals surface area contributed by atoms with Gasteiger partial charge in [0.05, 0.1) is 12.2 Å². The normalized spacial score (nSPS) is 21.5. The first-order chi connectivity index (χ1) is 17.2. The van der Waals surface area contributed by atoms with Crippen LogP contribution in [-0.2, 0) is 5.41 Å². The lowest BCUT2D eigenvalue weighted by molar-refractivity contribution is 0.0996. The molecule has 0 saturated carbocycles. The van der Waals surface area contributed by atoms with Crippen LogP contribution in [0.1, 0.15) is 55.6 Å². The van der Waals surface area contributed by atoms with Crippen LogP contribution in [0.4, 0.5) is 22.1 Å². The third-order valence-electron chi connectivity index (χ3n) is 7.54. The largest absolute Gasteiger partial charge is 0.364 e. The molecule has 2 aliphatic rings. The van der Waals surface area contributed by atoms with Gasteiger partial charge in [-0.05, 0) is 68.8 Å². The molecule has 0 aliphatic carbocycles. The van der Waals surface area contributed by atoms with E-state index in [4.69, 9.17) is 10.7 Å². The third kappa shape index (κ3) is 5.53. The van der Waals surface area contributed by atoms with Crippen molar-refractivity contribution < 1.29 is 9.59 Å². The Bertz CT molecular complexity index is 1080. The highest BCUT2D eigenvalue weighted by Gasteiger charge is 2.31. The molecule has 0 bridgehead atoms. The van der Waals surface area contributed by atoms with E-state index in [2.05, 4.69) is 51.8 Å². The van der Waals surface area contributed by atoms with Gasteiger partial charge in [-0.2, -0.15) is 0 Å². The molecule has 2 unspecified atom stereocenters. The van der Waals surface area contributed by atoms with Crippen LogP contribution >= 0.6 is 0 Å². The molecule has 36 heavy (non-hydrogen) atoms. The molecule has 0 radical (unpaired) electrons. The van der Waals surface area contributed by atoms with E-state index in [1.54, 1.807) is 20.3 Å². The maximum atomic E-state index is 12.2. The Hall–Kier alpha value is -3.40. The number of piperidine rings is 2. The van der Waals surface area contributed by atoms with Crippen molar-refractivity contribution in [3.05, 3.63) is 41.7 Å². The summed E-state index contributed by atoms with van der Waals surface area (Å²) in [6.07, 6.45) is 5.57. The SMILES string of the molecule is CC1C(NC(=O)N(C)C)CCCN1c1cnc(C(N)=O)c(Nc2ccc(C3(C)CCNCC3)cc2)n1. The Morgan fingerprint density at radius 1 is 1.19 bits per heavy atom. The van der Waals surface area contributed by atoms with E-state index in [0.29, 0.717) is 11.6 Å². The van der Waals surface area contributed by atoms with E-state index in [0.717, 1.165) is 51.0 Å². The standard InChI is InChI=1S/C26H38N8O2/c1-17-20(31-25(36)33(3)4)6-5-15-34(17)21-16-29-22(23(27)35)24(32-21)30-19-9-7-18(8-10-19)26(2)11-13-28-14-12-26/h7-10,16-17,20,28H,5-6,11-15H2,1-4H3,(H2,27,35)(H,30,32)(H,31,36). The summed E-state index contributed by atoms with van der Waals surface area (Å²) in [6, 6.07) is 8.17. The van der Waals surface area contributed by atoms with Crippen molar-refractivity contribution in [3.63, 3.8) is 0 Å². The van der Waals surface area contributed by atoms with E-state index in [1.807, 2.05) is 12.1 Å². The van der Waals surface area contributed by atoms with Crippen molar-refractivity contribution in [2.75, 3.05) is 43.9 Å². The second kappa shape index (κ2) is 10.7. The van der Waals surface area contributed by atoms with E-state index in [1.165, 1.54) is 10.5 Å². The molecule has 2 aliphatic heterocycles. The molecule has 2 atom stereocenters. The van der Waals surface area contributed by atoms with Crippen LogP contribution in [0.2, 0.25) is 0 Å². The van der Waals surface area contributed by atoms with Crippen LogP contribution in [0.3, 0.4) is 0 Å². The molecule has 194 valence electrons. The molecule has 2 saturated heterocycles. The first kappa shape index (κ1) is 25.7. The first-order valence-corrected chi connectivity index (χ1v) is 12.7. The maximum absolute atomic E-state index is 12.2. The molecular weight excluding hydrogens is 456 g/mol. The van der Waals surface area contributed by atoms with Crippen LogP contribution in [-0.4, -0.2) is 72.6 Å². The van der Waals surface area contributed by atoms with Gasteiger partial charge < -0.3 is 31.5 Å². The highest BCUT2D eigenvalue weighted by Crippen LogP contribution is 2.34. The number of amides is 3. The molecule has 2 fully saturated rings. The van der Waals surface area contributed by atoms with Gasteiger partial charge in [-0.25, -0.2) is 14.8 Å². The van der Waals surface area contributed by atoms with Gasteiger partial charge in [0.15, 0.2) is 11.5 Å². The van der Waals surface area contributed by atoms with Crippen molar-refractivity contribution >= 4 is 29.3 Å². The number of primary amides is 1. The fourth-order valence-corrected chi connectivity index (χ4v) is 5.09. The van der Waals surface area contributed by atoms with E-state index < -0.39 is 5.91 Å². The van der Waals surface area contributed by atoms with Crippen molar-refractivity contribution in [3.8, 4) is 0 Å². The van der Waals surface area contributed by atoms with Gasteiger partial charge in [-0.15, -0.1) is 0 Å². The van der Waals surface area contributed by atoms with Gasteiger partial charge in [-0.3, -0.25) is 4.79 Å². The number of anilines is 3. The number of aromatic nitrogens is 2. The molecule has 5 N–H and O–H groups in total. The zero-order chi connectivity index (χ0) is 25.9. The minimum Gasteiger partial charge on any atom is -0.364 e. The molecule has 4 rings (SSSR count). The van der Waals surface area contributed by atoms with Crippen molar-refractivity contribution in [2.45, 2.75) is 57.0 Å². The molecule has 0 spiro atoms. The van der Waals surface area contributed by atoms with Crippen LogP contribution < -0.4 is 26.6 Å². The lowest BCUT2D eigenvalue weighted by Gasteiger charge is -2.40. The summed E-state index contributed by atoms with van der Waals surface area (Å²) < 4.78 is 0. The quantitative estimate of drug-likeness (QED) is 0.486. The summed E-state index contributed by atoms with van der Waals surface area (Å²) in [7, 11) is 3.46. The summed E-state index contributed by atoms with van der Waals surface area (Å²) in [5.41, 5.74) is 7.98. The van der Waals surface area contributed by atoms with Crippen molar-refractivity contribution in [1.82, 2.24) is 25.5 Å². The molecule has 10 nitrogen and oxygen atoms in total. The number of nitrogens with one attached hydrogen (secondary N) is 3. The van der Waals surface area contributed by atoms with Gasteiger partial charge >= 0.3 is 6.03 Å². The minimum absolute atomic E-state index is 0.00855. The monoisotopic (exact) mass is 494 g/mol. The van der Waals surface area contributed by atoms with Crippen molar-refractivity contribution in [2.24, 2.45) is 5.73 Å².